The highest BCUT2D eigenvalue weighted by Gasteiger charge is 2.69. The summed E-state index contributed by atoms with van der Waals surface area (Å²) in [7, 11) is 0. The van der Waals surface area contributed by atoms with Gasteiger partial charge in [0.05, 0.1) is 0 Å². The first-order chi connectivity index (χ1) is 9.59. The lowest BCUT2D eigenvalue weighted by atomic mass is 10.0. The van der Waals surface area contributed by atoms with Gasteiger partial charge in [-0.05, 0) is 29.0 Å². The van der Waals surface area contributed by atoms with Gasteiger partial charge in [0.15, 0.2) is 0 Å². The summed E-state index contributed by atoms with van der Waals surface area (Å²) in [5.41, 5.74) is 0.243. The van der Waals surface area contributed by atoms with E-state index < -0.39 is 5.97 Å². The van der Waals surface area contributed by atoms with Crippen LogP contribution in [0.5, 0.6) is 0 Å². The van der Waals surface area contributed by atoms with Crippen LogP contribution in [0.2, 0.25) is 5.02 Å². The summed E-state index contributed by atoms with van der Waals surface area (Å²) in [4.78, 5) is 25.2. The van der Waals surface area contributed by atoms with Crippen molar-refractivity contribution in [1.29, 1.82) is 0 Å². The predicted octanol–water partition coefficient (Wildman–Crippen LogP) is 3.44. The molecule has 5 heteroatoms. The number of carboxylic acid groups (broad SMARTS) is 1. The Hall–Kier alpha value is -1.55. The van der Waals surface area contributed by atoms with Gasteiger partial charge in [0.2, 0.25) is 5.91 Å². The van der Waals surface area contributed by atoms with Gasteiger partial charge in [-0.2, -0.15) is 0 Å². The topological polar surface area (TPSA) is 57.6 Å². The van der Waals surface area contributed by atoms with Crippen LogP contribution in [0.25, 0.3) is 0 Å². The zero-order valence-corrected chi connectivity index (χ0v) is 13.4. The molecule has 0 bridgehead atoms. The molecule has 1 N–H and O–H groups in total. The standard InChI is InChI=1S/C16H20ClNO3/c1-15(2)13(16(15,3)4)14(21)18(9-12(19)20)11-7-5-6-10(17)8-11/h5-8,13H,9H2,1-4H3,(H,19,20). The van der Waals surface area contributed by atoms with Gasteiger partial charge < -0.3 is 10.0 Å². The second-order valence-corrected chi connectivity index (χ2v) is 7.11. The number of amides is 1. The molecule has 0 aliphatic heterocycles. The number of aliphatic carboxylic acids is 1. The Balaban J connectivity index is 2.34. The summed E-state index contributed by atoms with van der Waals surface area (Å²) in [6.45, 7) is 7.78. The molecule has 2 rings (SSSR count). The Morgan fingerprint density at radius 2 is 1.81 bits per heavy atom. The minimum atomic E-state index is -1.04. The van der Waals surface area contributed by atoms with Crippen molar-refractivity contribution in [2.24, 2.45) is 16.7 Å². The molecule has 0 aromatic heterocycles. The molecule has 1 aromatic carbocycles. The number of hydrogen-bond donors (Lipinski definition) is 1. The molecule has 114 valence electrons. The highest BCUT2D eigenvalue weighted by atomic mass is 35.5. The summed E-state index contributed by atoms with van der Waals surface area (Å²) in [5.74, 6) is -1.39. The number of hydrogen-bond acceptors (Lipinski definition) is 2. The van der Waals surface area contributed by atoms with E-state index in [9.17, 15) is 9.59 Å². The minimum Gasteiger partial charge on any atom is -0.480 e. The summed E-state index contributed by atoms with van der Waals surface area (Å²) in [6, 6.07) is 6.72. The van der Waals surface area contributed by atoms with Crippen LogP contribution in [-0.4, -0.2) is 23.5 Å². The van der Waals surface area contributed by atoms with E-state index in [0.717, 1.165) is 0 Å². The predicted molar refractivity (Wildman–Crippen MR) is 82.5 cm³/mol. The van der Waals surface area contributed by atoms with Crippen LogP contribution in [0.1, 0.15) is 27.7 Å². The monoisotopic (exact) mass is 309 g/mol. The number of carbonyl (C=O) groups is 2. The highest BCUT2D eigenvalue weighted by molar-refractivity contribution is 6.31. The van der Waals surface area contributed by atoms with Crippen molar-refractivity contribution >= 4 is 29.2 Å². The van der Waals surface area contributed by atoms with E-state index in [2.05, 4.69) is 0 Å². The third-order valence-corrected chi connectivity index (χ3v) is 5.18. The quantitative estimate of drug-likeness (QED) is 0.927. The fourth-order valence-corrected chi connectivity index (χ4v) is 3.23. The summed E-state index contributed by atoms with van der Waals surface area (Å²) < 4.78 is 0. The lowest BCUT2D eigenvalue weighted by Gasteiger charge is -2.22. The van der Waals surface area contributed by atoms with Crippen LogP contribution < -0.4 is 4.90 Å². The maximum absolute atomic E-state index is 12.8. The van der Waals surface area contributed by atoms with Gasteiger partial charge in [-0.1, -0.05) is 45.4 Å². The number of rotatable bonds is 4. The van der Waals surface area contributed by atoms with Crippen LogP contribution in [0.15, 0.2) is 24.3 Å². The number of halogens is 1. The lowest BCUT2D eigenvalue weighted by Crippen LogP contribution is -2.38. The molecule has 0 heterocycles. The molecule has 1 aliphatic rings. The van der Waals surface area contributed by atoms with Crippen LogP contribution in [0.4, 0.5) is 5.69 Å². The smallest absolute Gasteiger partial charge is 0.323 e. The number of benzene rings is 1. The Morgan fingerprint density at radius 1 is 1.24 bits per heavy atom. The van der Waals surface area contributed by atoms with Gasteiger partial charge in [0.1, 0.15) is 6.54 Å². The minimum absolute atomic E-state index is 0.139. The zero-order valence-electron chi connectivity index (χ0n) is 12.7. The third-order valence-electron chi connectivity index (χ3n) is 4.95. The number of carboxylic acids is 1. The van der Waals surface area contributed by atoms with Gasteiger partial charge >= 0.3 is 5.97 Å². The second kappa shape index (κ2) is 5.02. The van der Waals surface area contributed by atoms with Gasteiger partial charge in [0, 0.05) is 16.6 Å². The SMILES string of the molecule is CC1(C)C(C(=O)N(CC(=O)O)c2cccc(Cl)c2)C1(C)C. The van der Waals surface area contributed by atoms with Gasteiger partial charge in [0.25, 0.3) is 0 Å². The fraction of sp³-hybridized carbons (Fsp3) is 0.500. The van der Waals surface area contributed by atoms with Crippen molar-refractivity contribution in [3.63, 3.8) is 0 Å². The molecule has 1 saturated carbocycles. The molecule has 1 fully saturated rings. The third kappa shape index (κ3) is 2.64. The van der Waals surface area contributed by atoms with Crippen LogP contribution >= 0.6 is 11.6 Å². The number of anilines is 1. The van der Waals surface area contributed by atoms with E-state index in [0.29, 0.717) is 10.7 Å². The Labute approximate surface area is 129 Å². The van der Waals surface area contributed by atoms with Crippen molar-refractivity contribution in [3.05, 3.63) is 29.3 Å². The molecule has 0 unspecified atom stereocenters. The summed E-state index contributed by atoms with van der Waals surface area (Å²) in [6.07, 6.45) is 0. The van der Waals surface area contributed by atoms with Crippen molar-refractivity contribution < 1.29 is 14.7 Å². The Kier molecular flexibility index (Phi) is 3.79. The van der Waals surface area contributed by atoms with Gasteiger partial charge in [-0.15, -0.1) is 0 Å². The molecule has 0 saturated heterocycles. The Bertz CT molecular complexity index is 581. The first-order valence-corrected chi connectivity index (χ1v) is 7.25. The van der Waals surface area contributed by atoms with Crippen molar-refractivity contribution in [2.75, 3.05) is 11.4 Å². The zero-order chi connectivity index (χ0) is 16.0. The van der Waals surface area contributed by atoms with E-state index in [1.807, 2.05) is 27.7 Å². The first kappa shape index (κ1) is 15.8. The Morgan fingerprint density at radius 3 is 2.24 bits per heavy atom. The molecule has 0 radical (unpaired) electrons. The molecular formula is C16H20ClNO3. The number of nitrogens with zero attached hydrogens (tertiary/aromatic N) is 1. The average Bonchev–Trinajstić information content (AvgIpc) is 2.76. The maximum atomic E-state index is 12.8. The van der Waals surface area contributed by atoms with Crippen LogP contribution in [0, 0.1) is 16.7 Å². The van der Waals surface area contributed by atoms with E-state index in [-0.39, 0.29) is 29.2 Å². The molecule has 0 atom stereocenters. The van der Waals surface area contributed by atoms with Crippen LogP contribution in [0.3, 0.4) is 0 Å². The van der Waals surface area contributed by atoms with E-state index in [1.54, 1.807) is 24.3 Å². The molecule has 1 aromatic rings. The van der Waals surface area contributed by atoms with E-state index in [1.165, 1.54) is 4.90 Å². The molecule has 1 amide bonds. The van der Waals surface area contributed by atoms with E-state index >= 15 is 0 Å². The largest absolute Gasteiger partial charge is 0.480 e. The van der Waals surface area contributed by atoms with E-state index in [4.69, 9.17) is 16.7 Å². The second-order valence-electron chi connectivity index (χ2n) is 6.67. The number of carbonyl (C=O) groups excluding carboxylic acids is 1. The first-order valence-electron chi connectivity index (χ1n) is 6.88. The fourth-order valence-electron chi connectivity index (χ4n) is 3.05. The highest BCUT2D eigenvalue weighted by Crippen LogP contribution is 2.68. The summed E-state index contributed by atoms with van der Waals surface area (Å²) >= 11 is 5.95. The maximum Gasteiger partial charge on any atom is 0.323 e. The normalized spacial score (nSPS) is 19.1. The van der Waals surface area contributed by atoms with Crippen molar-refractivity contribution in [3.8, 4) is 0 Å². The van der Waals surface area contributed by atoms with Crippen molar-refractivity contribution in [2.45, 2.75) is 27.7 Å². The molecule has 21 heavy (non-hydrogen) atoms. The summed E-state index contributed by atoms with van der Waals surface area (Å²) in [5, 5.41) is 9.58. The average molecular weight is 310 g/mol. The lowest BCUT2D eigenvalue weighted by molar-refractivity contribution is -0.137. The van der Waals surface area contributed by atoms with Crippen molar-refractivity contribution in [1.82, 2.24) is 0 Å². The van der Waals surface area contributed by atoms with Gasteiger partial charge in [-0.25, -0.2) is 0 Å². The van der Waals surface area contributed by atoms with Gasteiger partial charge in [-0.3, -0.25) is 9.59 Å². The molecule has 0 spiro atoms. The molecule has 1 aliphatic carbocycles. The van der Waals surface area contributed by atoms with Crippen LogP contribution in [-0.2, 0) is 9.59 Å². The molecule has 4 nitrogen and oxygen atoms in total. The molecular weight excluding hydrogens is 290 g/mol.